The highest BCUT2D eigenvalue weighted by atomic mass is 19.4. The molecule has 43 heavy (non-hydrogen) atoms. The van der Waals surface area contributed by atoms with Crippen molar-refractivity contribution in [2.45, 2.75) is 134 Å². The van der Waals surface area contributed by atoms with E-state index in [4.69, 9.17) is 0 Å². The Morgan fingerprint density at radius 3 is 2.21 bits per heavy atom. The van der Waals surface area contributed by atoms with Gasteiger partial charge in [-0.15, -0.1) is 0 Å². The molecule has 6 atom stereocenters. The van der Waals surface area contributed by atoms with E-state index in [9.17, 15) is 46.1 Å². The number of aliphatic hydroxyl groups is 3. The molecule has 2 unspecified atom stereocenters. The number of hydrogen-bond donors (Lipinski definition) is 3. The monoisotopic (exact) mass is 622 g/mol. The third-order valence-corrected chi connectivity index (χ3v) is 10.1. The Hall–Kier alpha value is -1.83. The van der Waals surface area contributed by atoms with Gasteiger partial charge in [0.1, 0.15) is 6.17 Å². The predicted octanol–water partition coefficient (Wildman–Crippen LogP) is 8.30. The maximum absolute atomic E-state index is 14.3. The van der Waals surface area contributed by atoms with Crippen LogP contribution in [0.3, 0.4) is 0 Å². The van der Waals surface area contributed by atoms with Crippen molar-refractivity contribution in [2.75, 3.05) is 0 Å². The molecule has 10 heteroatoms. The van der Waals surface area contributed by atoms with E-state index in [1.165, 1.54) is 0 Å². The smallest absolute Gasteiger partial charge is 0.393 e. The average molecular weight is 623 g/mol. The standard InChI is InChI=1S/C33H45F7O3/c1-21-23(19-24(41)20-26(21)34)11-10-22-9-6-17-30(5)25(22)12-13-27(30)29(4,15-7-14-28(2,3)42)16-8-18-31(43,32(35,36)37)33(38,39)40/h10-11,24-27,41-43H,1,6-7,9,12-17,19-20H2,2-5H3/t24-,25?,26+,27?,29-,30+/m1/s1. The molecule has 0 amide bonds. The van der Waals surface area contributed by atoms with Crippen molar-refractivity contribution >= 4 is 0 Å². The molecule has 0 spiro atoms. The predicted molar refractivity (Wildman–Crippen MR) is 151 cm³/mol. The van der Waals surface area contributed by atoms with Gasteiger partial charge in [0.15, 0.2) is 0 Å². The molecule has 3 N–H and O–H groups in total. The largest absolute Gasteiger partial charge is 0.438 e. The first-order valence-corrected chi connectivity index (χ1v) is 15.0. The molecule has 0 aromatic heterocycles. The molecule has 0 saturated heterocycles. The molecule has 0 bridgehead atoms. The molecule has 0 aromatic rings. The number of fused-ring (bicyclic) bond motifs is 1. The first-order chi connectivity index (χ1) is 19.5. The fourth-order valence-corrected chi connectivity index (χ4v) is 7.81. The molecule has 3 aliphatic carbocycles. The second-order valence-corrected chi connectivity index (χ2v) is 14.1. The Balaban J connectivity index is 1.95. The summed E-state index contributed by atoms with van der Waals surface area (Å²) in [5, 5.41) is 29.9. The molecule has 3 aliphatic rings. The first kappa shape index (κ1) is 35.6. The number of allylic oxidation sites excluding steroid dienone is 4. The van der Waals surface area contributed by atoms with Crippen molar-refractivity contribution in [1.82, 2.24) is 0 Å². The number of rotatable bonds is 7. The van der Waals surface area contributed by atoms with E-state index < -0.39 is 41.2 Å². The zero-order valence-corrected chi connectivity index (χ0v) is 25.4. The number of aliphatic hydroxyl groups excluding tert-OH is 1. The second kappa shape index (κ2) is 12.5. The van der Waals surface area contributed by atoms with Crippen LogP contribution in [0.1, 0.15) is 98.3 Å². The van der Waals surface area contributed by atoms with Crippen molar-refractivity contribution in [2.24, 2.45) is 22.7 Å². The van der Waals surface area contributed by atoms with Crippen molar-refractivity contribution in [3.8, 4) is 11.8 Å². The lowest BCUT2D eigenvalue weighted by molar-refractivity contribution is -0.343. The van der Waals surface area contributed by atoms with Gasteiger partial charge in [-0.1, -0.05) is 50.5 Å². The minimum Gasteiger partial charge on any atom is -0.393 e. The van der Waals surface area contributed by atoms with Crippen LogP contribution in [-0.2, 0) is 0 Å². The van der Waals surface area contributed by atoms with Crippen molar-refractivity contribution < 1.29 is 46.1 Å². The second-order valence-electron chi connectivity index (χ2n) is 14.1. The molecule has 0 heterocycles. The number of halogens is 7. The van der Waals surface area contributed by atoms with Crippen LogP contribution in [0.25, 0.3) is 0 Å². The summed E-state index contributed by atoms with van der Waals surface area (Å²) in [5.41, 5.74) is -5.05. The van der Waals surface area contributed by atoms with Gasteiger partial charge in [0, 0.05) is 12.8 Å². The van der Waals surface area contributed by atoms with E-state index in [-0.39, 0.29) is 30.1 Å². The third kappa shape index (κ3) is 7.70. The molecule has 3 rings (SSSR count). The van der Waals surface area contributed by atoms with Gasteiger partial charge in [0.25, 0.3) is 0 Å². The summed E-state index contributed by atoms with van der Waals surface area (Å²) in [6.45, 7) is 11.1. The Morgan fingerprint density at radius 1 is 1.00 bits per heavy atom. The summed E-state index contributed by atoms with van der Waals surface area (Å²) in [6, 6.07) is 0. The molecule has 244 valence electrons. The van der Waals surface area contributed by atoms with Gasteiger partial charge >= 0.3 is 18.0 Å². The Morgan fingerprint density at radius 2 is 1.63 bits per heavy atom. The fraction of sp³-hybridized carbons (Fsp3) is 0.758. The lowest BCUT2D eigenvalue weighted by Gasteiger charge is -2.49. The lowest BCUT2D eigenvalue weighted by atomic mass is 9.55. The van der Waals surface area contributed by atoms with Gasteiger partial charge < -0.3 is 15.3 Å². The maximum atomic E-state index is 14.3. The van der Waals surface area contributed by atoms with Gasteiger partial charge in [-0.3, -0.25) is 0 Å². The van der Waals surface area contributed by atoms with E-state index in [1.54, 1.807) is 13.8 Å². The Labute approximate surface area is 250 Å². The van der Waals surface area contributed by atoms with Crippen LogP contribution in [0.4, 0.5) is 30.7 Å². The normalized spacial score (nSPS) is 32.4. The Kier molecular flexibility index (Phi) is 10.4. The summed E-state index contributed by atoms with van der Waals surface area (Å²) >= 11 is 0. The zero-order chi connectivity index (χ0) is 32.6. The van der Waals surface area contributed by atoms with Crippen LogP contribution in [0, 0.1) is 34.5 Å². The summed E-state index contributed by atoms with van der Waals surface area (Å²) in [5.74, 6) is 3.28. The zero-order valence-electron chi connectivity index (χ0n) is 25.4. The van der Waals surface area contributed by atoms with E-state index in [2.05, 4.69) is 19.4 Å². The fourth-order valence-electron chi connectivity index (χ4n) is 7.81. The van der Waals surface area contributed by atoms with Crippen LogP contribution in [0.15, 0.2) is 35.5 Å². The molecule has 3 nitrogen and oxygen atoms in total. The van der Waals surface area contributed by atoms with E-state index in [1.807, 2.05) is 19.1 Å². The highest BCUT2D eigenvalue weighted by Crippen LogP contribution is 2.63. The minimum atomic E-state index is -6.01. The van der Waals surface area contributed by atoms with E-state index in [0.29, 0.717) is 43.3 Å². The average Bonchev–Trinajstić information content (AvgIpc) is 3.21. The lowest BCUT2D eigenvalue weighted by Crippen LogP contribution is -2.55. The molecular weight excluding hydrogens is 577 g/mol. The van der Waals surface area contributed by atoms with Gasteiger partial charge in [0.2, 0.25) is 0 Å². The summed E-state index contributed by atoms with van der Waals surface area (Å²) in [4.78, 5) is 0. The van der Waals surface area contributed by atoms with Crippen molar-refractivity contribution in [3.63, 3.8) is 0 Å². The van der Waals surface area contributed by atoms with Crippen LogP contribution in [0.5, 0.6) is 0 Å². The van der Waals surface area contributed by atoms with Crippen molar-refractivity contribution in [1.29, 1.82) is 0 Å². The summed E-state index contributed by atoms with van der Waals surface area (Å²) < 4.78 is 94.1. The molecular formula is C33H45F7O3. The van der Waals surface area contributed by atoms with Gasteiger partial charge in [-0.2, -0.15) is 26.3 Å². The third-order valence-electron chi connectivity index (χ3n) is 10.1. The first-order valence-electron chi connectivity index (χ1n) is 15.0. The highest BCUT2D eigenvalue weighted by Gasteiger charge is 2.70. The van der Waals surface area contributed by atoms with Crippen LogP contribution >= 0.6 is 0 Å². The molecule has 3 saturated carbocycles. The molecule has 3 fully saturated rings. The molecule has 0 aliphatic heterocycles. The maximum Gasteiger partial charge on any atom is 0.438 e. The highest BCUT2D eigenvalue weighted by molar-refractivity contribution is 5.39. The van der Waals surface area contributed by atoms with Gasteiger partial charge in [0.05, 0.1) is 11.7 Å². The van der Waals surface area contributed by atoms with Crippen LogP contribution in [0.2, 0.25) is 0 Å². The molecule has 0 radical (unpaired) electrons. The molecule has 0 aromatic carbocycles. The van der Waals surface area contributed by atoms with Crippen molar-refractivity contribution in [3.05, 3.63) is 35.5 Å². The summed E-state index contributed by atoms with van der Waals surface area (Å²) in [6.07, 6.45) is -5.02. The van der Waals surface area contributed by atoms with E-state index in [0.717, 1.165) is 37.2 Å². The van der Waals surface area contributed by atoms with E-state index >= 15 is 0 Å². The van der Waals surface area contributed by atoms with Gasteiger partial charge in [-0.05, 0) is 105 Å². The SMILES string of the molecule is C=C1C(=CC=C2CCC[C@@]3(C)C2CCC3[C@@](C)(CC#CC(O)(C(F)(F)F)C(F)(F)F)CCCC(C)(C)O)C[C@@H](O)C[C@@H]1F. The number of hydrogen-bond acceptors (Lipinski definition) is 3. The Bertz CT molecular complexity index is 1140. The quantitative estimate of drug-likeness (QED) is 0.198. The van der Waals surface area contributed by atoms with Gasteiger partial charge in [-0.25, -0.2) is 4.39 Å². The van der Waals surface area contributed by atoms with Crippen LogP contribution < -0.4 is 0 Å². The summed E-state index contributed by atoms with van der Waals surface area (Å²) in [7, 11) is 0. The van der Waals surface area contributed by atoms with Crippen LogP contribution in [-0.4, -0.2) is 51.1 Å². The topological polar surface area (TPSA) is 60.7 Å². The minimum absolute atomic E-state index is 0.0212. The number of alkyl halides is 7.